The number of unbranched alkanes of at least 4 members (excludes halogenated alkanes) is 48. The average molecular weight is 1000 g/mol. The maximum atomic E-state index is 12.5. The fraction of sp³-hybridized carbons (Fsp3) is 0.938. The molecule has 0 bridgehead atoms. The molecular formula is C65H127NO5. The first kappa shape index (κ1) is 69.6. The van der Waals surface area contributed by atoms with E-state index in [0.717, 1.165) is 44.9 Å². The van der Waals surface area contributed by atoms with Gasteiger partial charge in [-0.1, -0.05) is 315 Å². The van der Waals surface area contributed by atoms with Gasteiger partial charge in [0.05, 0.1) is 25.4 Å². The number of ether oxygens (including phenoxy) is 1. The maximum Gasteiger partial charge on any atom is 0.305 e. The van der Waals surface area contributed by atoms with E-state index in [1.807, 2.05) is 0 Å². The van der Waals surface area contributed by atoms with Crippen LogP contribution in [0.5, 0.6) is 0 Å². The van der Waals surface area contributed by atoms with Crippen molar-refractivity contribution in [2.45, 2.75) is 379 Å². The van der Waals surface area contributed by atoms with Crippen molar-refractivity contribution in [3.05, 3.63) is 12.2 Å². The summed E-state index contributed by atoms with van der Waals surface area (Å²) in [6, 6.07) is -0.545. The number of aliphatic hydroxyl groups excluding tert-OH is 2. The Morgan fingerprint density at radius 2 is 0.662 bits per heavy atom. The fourth-order valence-electron chi connectivity index (χ4n) is 10.3. The summed E-state index contributed by atoms with van der Waals surface area (Å²) in [6.07, 6.45) is 73.7. The van der Waals surface area contributed by atoms with Crippen LogP contribution < -0.4 is 5.32 Å². The zero-order valence-electron chi connectivity index (χ0n) is 48.2. The van der Waals surface area contributed by atoms with Crippen molar-refractivity contribution in [1.29, 1.82) is 0 Å². The first-order valence-corrected chi connectivity index (χ1v) is 32.4. The summed E-state index contributed by atoms with van der Waals surface area (Å²) in [6.45, 7) is 4.95. The minimum Gasteiger partial charge on any atom is -0.466 e. The number of hydrogen-bond acceptors (Lipinski definition) is 5. The largest absolute Gasteiger partial charge is 0.466 e. The highest BCUT2D eigenvalue weighted by Crippen LogP contribution is 2.19. The minimum absolute atomic E-state index is 0.00163. The molecule has 0 spiro atoms. The summed E-state index contributed by atoms with van der Waals surface area (Å²) < 4.78 is 5.47. The predicted molar refractivity (Wildman–Crippen MR) is 310 cm³/mol. The lowest BCUT2D eigenvalue weighted by atomic mass is 10.0. The van der Waals surface area contributed by atoms with Gasteiger partial charge in [0.15, 0.2) is 0 Å². The Morgan fingerprint density at radius 1 is 0.380 bits per heavy atom. The van der Waals surface area contributed by atoms with Gasteiger partial charge in [0.1, 0.15) is 0 Å². The minimum atomic E-state index is -0.668. The normalized spacial score (nSPS) is 12.6. The number of esters is 1. The molecule has 0 aliphatic heterocycles. The monoisotopic (exact) mass is 1000 g/mol. The number of carbonyl (C=O) groups is 2. The number of carbonyl (C=O) groups excluding carboxylic acids is 2. The number of aliphatic hydroxyl groups is 2. The number of hydrogen-bond donors (Lipinski definition) is 3. The number of rotatable bonds is 61. The third kappa shape index (κ3) is 57.7. The van der Waals surface area contributed by atoms with Gasteiger partial charge < -0.3 is 20.3 Å². The second-order valence-corrected chi connectivity index (χ2v) is 22.5. The zero-order valence-corrected chi connectivity index (χ0v) is 48.2. The van der Waals surface area contributed by atoms with E-state index < -0.39 is 12.1 Å². The van der Waals surface area contributed by atoms with Crippen molar-refractivity contribution in [2.24, 2.45) is 0 Å². The highest BCUT2D eigenvalue weighted by Gasteiger charge is 2.20. The topological polar surface area (TPSA) is 95.9 Å². The Kier molecular flexibility index (Phi) is 59.9. The van der Waals surface area contributed by atoms with Crippen LogP contribution >= 0.6 is 0 Å². The van der Waals surface area contributed by atoms with Gasteiger partial charge in [-0.2, -0.15) is 0 Å². The first-order chi connectivity index (χ1) is 35.0. The van der Waals surface area contributed by atoms with Crippen LogP contribution in [0.15, 0.2) is 12.2 Å². The van der Waals surface area contributed by atoms with Gasteiger partial charge in [-0.05, 0) is 51.4 Å². The van der Waals surface area contributed by atoms with Crippen molar-refractivity contribution >= 4 is 11.9 Å². The van der Waals surface area contributed by atoms with Gasteiger partial charge in [-0.15, -0.1) is 0 Å². The summed E-state index contributed by atoms with van der Waals surface area (Å²) in [5.74, 6) is -0.0362. The van der Waals surface area contributed by atoms with Gasteiger partial charge in [0.2, 0.25) is 5.91 Å². The number of amides is 1. The Hall–Kier alpha value is -1.40. The number of nitrogens with one attached hydrogen (secondary N) is 1. The van der Waals surface area contributed by atoms with Crippen molar-refractivity contribution in [2.75, 3.05) is 13.2 Å². The lowest BCUT2D eigenvalue weighted by Gasteiger charge is -2.22. The molecule has 2 unspecified atom stereocenters. The van der Waals surface area contributed by atoms with Crippen LogP contribution in [0.2, 0.25) is 0 Å². The molecule has 71 heavy (non-hydrogen) atoms. The van der Waals surface area contributed by atoms with Gasteiger partial charge in [0, 0.05) is 12.8 Å². The molecule has 6 heteroatoms. The van der Waals surface area contributed by atoms with Crippen molar-refractivity contribution < 1.29 is 24.5 Å². The smallest absolute Gasteiger partial charge is 0.305 e. The van der Waals surface area contributed by atoms with Gasteiger partial charge in [-0.3, -0.25) is 9.59 Å². The van der Waals surface area contributed by atoms with E-state index in [1.165, 1.54) is 289 Å². The lowest BCUT2D eigenvalue weighted by Crippen LogP contribution is -2.45. The SMILES string of the molecule is CCCCC/C=C\CCCCCCCC(=O)OCCCCCCCCCCCCCCCCCCCCC(=O)NC(CO)C(O)CCCCCCCCCCCCCCCCCCCCCCCCCC. The van der Waals surface area contributed by atoms with Gasteiger partial charge in [0.25, 0.3) is 0 Å². The Labute approximate surface area is 444 Å². The van der Waals surface area contributed by atoms with Crippen LogP contribution in [0.3, 0.4) is 0 Å². The van der Waals surface area contributed by atoms with E-state index in [0.29, 0.717) is 25.9 Å². The molecule has 6 nitrogen and oxygen atoms in total. The summed E-state index contributed by atoms with van der Waals surface area (Å²) in [5.41, 5.74) is 0. The second kappa shape index (κ2) is 61.1. The third-order valence-electron chi connectivity index (χ3n) is 15.3. The van der Waals surface area contributed by atoms with E-state index in [9.17, 15) is 19.8 Å². The van der Waals surface area contributed by atoms with E-state index in [2.05, 4.69) is 31.3 Å². The van der Waals surface area contributed by atoms with Crippen molar-refractivity contribution in [1.82, 2.24) is 5.32 Å². The maximum absolute atomic E-state index is 12.5. The van der Waals surface area contributed by atoms with Crippen LogP contribution in [-0.2, 0) is 14.3 Å². The Balaban J connectivity index is 3.40. The molecule has 0 aliphatic rings. The second-order valence-electron chi connectivity index (χ2n) is 22.5. The Bertz CT molecular complexity index is 1060. The molecule has 2 atom stereocenters. The molecule has 0 radical (unpaired) electrons. The molecule has 3 N–H and O–H groups in total. The van der Waals surface area contributed by atoms with Crippen LogP contribution in [0.4, 0.5) is 0 Å². The third-order valence-corrected chi connectivity index (χ3v) is 15.3. The fourth-order valence-corrected chi connectivity index (χ4v) is 10.3. The highest BCUT2D eigenvalue weighted by atomic mass is 16.5. The van der Waals surface area contributed by atoms with E-state index in [-0.39, 0.29) is 18.5 Å². The van der Waals surface area contributed by atoms with Crippen molar-refractivity contribution in [3.63, 3.8) is 0 Å². The molecule has 0 rings (SSSR count). The zero-order chi connectivity index (χ0) is 51.4. The van der Waals surface area contributed by atoms with Crippen molar-refractivity contribution in [3.8, 4) is 0 Å². The molecule has 0 fully saturated rings. The molecule has 422 valence electrons. The van der Waals surface area contributed by atoms with E-state index >= 15 is 0 Å². The summed E-state index contributed by atoms with van der Waals surface area (Å²) >= 11 is 0. The van der Waals surface area contributed by atoms with E-state index in [1.54, 1.807) is 0 Å². The predicted octanol–water partition coefficient (Wildman–Crippen LogP) is 20.4. The summed E-state index contributed by atoms with van der Waals surface area (Å²) in [7, 11) is 0. The van der Waals surface area contributed by atoms with Crippen LogP contribution in [0.1, 0.15) is 367 Å². The number of allylic oxidation sites excluding steroid dienone is 2. The van der Waals surface area contributed by atoms with Crippen LogP contribution in [0, 0.1) is 0 Å². The molecule has 1 amide bonds. The summed E-state index contributed by atoms with van der Waals surface area (Å²) in [4.78, 5) is 24.6. The molecule has 0 aromatic carbocycles. The van der Waals surface area contributed by atoms with Gasteiger partial charge >= 0.3 is 5.97 Å². The molecule has 0 aliphatic carbocycles. The average Bonchev–Trinajstić information content (AvgIpc) is 3.37. The first-order valence-electron chi connectivity index (χ1n) is 32.4. The quantitative estimate of drug-likeness (QED) is 0.0320. The molecule has 0 heterocycles. The van der Waals surface area contributed by atoms with Gasteiger partial charge in [-0.25, -0.2) is 0 Å². The highest BCUT2D eigenvalue weighted by molar-refractivity contribution is 5.76. The molecule has 0 saturated carbocycles. The molecular weight excluding hydrogens is 875 g/mol. The molecule has 0 aromatic rings. The van der Waals surface area contributed by atoms with E-state index in [4.69, 9.17) is 4.74 Å². The standard InChI is InChI=1S/C65H127NO5/c1-3-5-7-9-11-13-15-17-18-19-20-21-22-23-24-25-28-31-34-37-41-45-49-53-57-63(68)62(61-67)66-64(69)58-54-50-46-42-38-35-32-29-26-27-30-33-36-40-44-48-52-56-60-71-65(70)59-55-51-47-43-39-16-14-12-10-8-6-4-2/h12,14,62-63,67-68H,3-11,13,15-61H2,1-2H3,(H,66,69)/b14-12-. The summed E-state index contributed by atoms with van der Waals surface area (Å²) in [5, 5.41) is 23.4. The van der Waals surface area contributed by atoms with Crippen LogP contribution in [-0.4, -0.2) is 47.4 Å². The molecule has 0 aromatic heterocycles. The Morgan fingerprint density at radius 3 is 1.03 bits per heavy atom. The lowest BCUT2D eigenvalue weighted by molar-refractivity contribution is -0.143. The van der Waals surface area contributed by atoms with Crippen LogP contribution in [0.25, 0.3) is 0 Å². The molecule has 0 saturated heterocycles.